The van der Waals surface area contributed by atoms with Crippen LogP contribution in [0.3, 0.4) is 0 Å². The van der Waals surface area contributed by atoms with Crippen molar-refractivity contribution in [1.29, 1.82) is 5.26 Å². The fraction of sp³-hybridized carbons (Fsp3) is 0.290. The summed E-state index contributed by atoms with van der Waals surface area (Å²) in [6, 6.07) is 12.2. The lowest BCUT2D eigenvalue weighted by molar-refractivity contribution is -0.119. The van der Waals surface area contributed by atoms with Gasteiger partial charge in [-0.2, -0.15) is 5.26 Å². The van der Waals surface area contributed by atoms with Gasteiger partial charge in [-0.05, 0) is 68.8 Å². The predicted octanol–water partition coefficient (Wildman–Crippen LogP) is 4.92. The number of hydrogen-bond donors (Lipinski definition) is 1. The van der Waals surface area contributed by atoms with Crippen molar-refractivity contribution in [2.75, 3.05) is 31.6 Å². The number of amides is 1. The van der Waals surface area contributed by atoms with E-state index in [1.165, 1.54) is 23.5 Å². The topological polar surface area (TPSA) is 129 Å². The van der Waals surface area contributed by atoms with Crippen LogP contribution in [0.2, 0.25) is 0 Å². The van der Waals surface area contributed by atoms with Crippen LogP contribution < -0.4 is 10.6 Å². The quantitative estimate of drug-likeness (QED) is 0.268. The van der Waals surface area contributed by atoms with Crippen molar-refractivity contribution in [1.82, 2.24) is 29.2 Å². The van der Waals surface area contributed by atoms with Gasteiger partial charge in [-0.1, -0.05) is 18.3 Å². The molecule has 1 aliphatic rings. The van der Waals surface area contributed by atoms with Crippen LogP contribution in [0.4, 0.5) is 15.3 Å². The molecule has 0 bridgehead atoms. The lowest BCUT2D eigenvalue weighted by atomic mass is 9.96. The lowest BCUT2D eigenvalue weighted by Crippen LogP contribution is -2.39. The Kier molecular flexibility index (Phi) is 7.84. The van der Waals surface area contributed by atoms with Gasteiger partial charge < -0.3 is 10.6 Å². The minimum absolute atomic E-state index is 0.248. The van der Waals surface area contributed by atoms with Crippen molar-refractivity contribution in [3.8, 4) is 28.5 Å². The Balaban J connectivity index is 1.29. The fourth-order valence-corrected chi connectivity index (χ4v) is 6.38. The van der Waals surface area contributed by atoms with E-state index in [-0.39, 0.29) is 24.2 Å². The summed E-state index contributed by atoms with van der Waals surface area (Å²) in [5.41, 5.74) is 10.1. The number of nitrogens with two attached hydrogens (primary N) is 1. The molecule has 43 heavy (non-hydrogen) atoms. The van der Waals surface area contributed by atoms with E-state index in [9.17, 15) is 14.4 Å². The maximum absolute atomic E-state index is 13.5. The third-order valence-corrected chi connectivity index (χ3v) is 8.81. The number of nitrogens with zero attached hydrogens (tertiary/aromatic N) is 8. The summed E-state index contributed by atoms with van der Waals surface area (Å²) in [4.78, 5) is 34.8. The average Bonchev–Trinajstić information content (AvgIpc) is 3.63. The Morgan fingerprint density at radius 3 is 2.44 bits per heavy atom. The molecule has 4 aromatic heterocycles. The van der Waals surface area contributed by atoms with Gasteiger partial charge in [0.15, 0.2) is 5.13 Å². The molecule has 0 aliphatic carbocycles. The number of piperidine rings is 1. The molecule has 5 aromatic rings. The van der Waals surface area contributed by atoms with E-state index in [1.54, 1.807) is 12.1 Å². The molecular weight excluding hydrogens is 565 g/mol. The van der Waals surface area contributed by atoms with Crippen LogP contribution in [-0.2, 0) is 11.2 Å². The van der Waals surface area contributed by atoms with E-state index in [4.69, 9.17) is 25.7 Å². The SMILES string of the molecule is CCc1nc2ccc(-c3cnc(C4CCN(CC(N)=O)CC4)nc3)cn2c1N(C)c1nc(-c2ccc(F)cc2)c(C#N)s1. The van der Waals surface area contributed by atoms with Crippen molar-refractivity contribution in [3.05, 3.63) is 77.2 Å². The van der Waals surface area contributed by atoms with Crippen molar-refractivity contribution in [3.63, 3.8) is 0 Å². The first-order chi connectivity index (χ1) is 20.8. The zero-order valence-corrected chi connectivity index (χ0v) is 24.7. The van der Waals surface area contributed by atoms with Crippen LogP contribution in [0.25, 0.3) is 28.0 Å². The largest absolute Gasteiger partial charge is 0.369 e. The van der Waals surface area contributed by atoms with Gasteiger partial charge in [0.25, 0.3) is 0 Å². The van der Waals surface area contributed by atoms with Gasteiger partial charge in [0.05, 0.1) is 12.2 Å². The number of carbonyl (C=O) groups excluding carboxylic acids is 1. The van der Waals surface area contributed by atoms with Gasteiger partial charge in [0, 0.05) is 48.2 Å². The van der Waals surface area contributed by atoms with E-state index >= 15 is 0 Å². The summed E-state index contributed by atoms with van der Waals surface area (Å²) in [6.07, 6.45) is 8.21. The van der Waals surface area contributed by atoms with Gasteiger partial charge in [-0.3, -0.25) is 14.1 Å². The van der Waals surface area contributed by atoms with Crippen LogP contribution in [0, 0.1) is 17.1 Å². The molecule has 218 valence electrons. The molecule has 0 unspecified atom stereocenters. The van der Waals surface area contributed by atoms with E-state index in [2.05, 4.69) is 17.9 Å². The summed E-state index contributed by atoms with van der Waals surface area (Å²) < 4.78 is 15.5. The van der Waals surface area contributed by atoms with Crippen molar-refractivity contribution < 1.29 is 9.18 Å². The smallest absolute Gasteiger partial charge is 0.231 e. The van der Waals surface area contributed by atoms with Gasteiger partial charge in [-0.25, -0.2) is 24.3 Å². The van der Waals surface area contributed by atoms with E-state index < -0.39 is 0 Å². The summed E-state index contributed by atoms with van der Waals surface area (Å²) in [5, 5.41) is 10.5. The third kappa shape index (κ3) is 5.69. The van der Waals surface area contributed by atoms with Crippen LogP contribution in [0.15, 0.2) is 55.0 Å². The number of thiazole rings is 1. The number of carbonyl (C=O) groups is 1. The van der Waals surface area contributed by atoms with Crippen LogP contribution in [0.1, 0.15) is 42.1 Å². The highest BCUT2D eigenvalue weighted by molar-refractivity contribution is 7.16. The third-order valence-electron chi connectivity index (χ3n) is 7.77. The van der Waals surface area contributed by atoms with Gasteiger partial charge in [-0.15, -0.1) is 0 Å². The monoisotopic (exact) mass is 595 g/mol. The Bertz CT molecular complexity index is 1820. The number of hydrogen-bond acceptors (Lipinski definition) is 9. The second-order valence-electron chi connectivity index (χ2n) is 10.6. The maximum atomic E-state index is 13.5. The average molecular weight is 596 g/mol. The highest BCUT2D eigenvalue weighted by atomic mass is 32.1. The molecule has 2 N–H and O–H groups in total. The molecule has 1 aromatic carbocycles. The van der Waals surface area contributed by atoms with Crippen LogP contribution in [0.5, 0.6) is 0 Å². The molecule has 1 amide bonds. The molecule has 0 radical (unpaired) electrons. The Labute approximate surface area is 252 Å². The van der Waals surface area contributed by atoms with Gasteiger partial charge >= 0.3 is 0 Å². The normalized spacial score (nSPS) is 14.2. The Hall–Kier alpha value is -4.73. The summed E-state index contributed by atoms with van der Waals surface area (Å²) in [6.45, 7) is 3.94. The van der Waals surface area contributed by atoms with E-state index in [1.807, 2.05) is 47.1 Å². The van der Waals surface area contributed by atoms with Crippen molar-refractivity contribution in [2.45, 2.75) is 32.1 Å². The second kappa shape index (κ2) is 11.9. The molecule has 10 nitrogen and oxygen atoms in total. The molecule has 0 atom stereocenters. The van der Waals surface area contributed by atoms with Gasteiger partial charge in [0.2, 0.25) is 5.91 Å². The Morgan fingerprint density at radius 1 is 1.09 bits per heavy atom. The highest BCUT2D eigenvalue weighted by Crippen LogP contribution is 2.37. The van der Waals surface area contributed by atoms with E-state index in [0.29, 0.717) is 27.7 Å². The first kappa shape index (κ1) is 28.4. The maximum Gasteiger partial charge on any atom is 0.231 e. The summed E-state index contributed by atoms with van der Waals surface area (Å²) in [5.74, 6) is 1.27. The lowest BCUT2D eigenvalue weighted by Gasteiger charge is -2.30. The molecule has 5 heterocycles. The highest BCUT2D eigenvalue weighted by Gasteiger charge is 2.24. The van der Waals surface area contributed by atoms with Crippen LogP contribution in [-0.4, -0.2) is 61.8 Å². The number of imidazole rings is 1. The number of aryl methyl sites for hydroxylation is 1. The number of aromatic nitrogens is 5. The molecule has 0 spiro atoms. The minimum Gasteiger partial charge on any atom is -0.369 e. The van der Waals surface area contributed by atoms with Crippen molar-refractivity contribution in [2.24, 2.45) is 5.73 Å². The number of fused-ring (bicyclic) bond motifs is 1. The molecular formula is C31H30FN9OS. The number of anilines is 2. The molecule has 1 saturated heterocycles. The molecule has 12 heteroatoms. The number of benzene rings is 1. The predicted molar refractivity (Wildman–Crippen MR) is 163 cm³/mol. The van der Waals surface area contributed by atoms with Crippen LogP contribution >= 0.6 is 11.3 Å². The zero-order valence-electron chi connectivity index (χ0n) is 23.9. The molecule has 1 aliphatic heterocycles. The van der Waals surface area contributed by atoms with E-state index in [0.717, 1.165) is 60.0 Å². The molecule has 6 rings (SSSR count). The number of rotatable bonds is 8. The summed E-state index contributed by atoms with van der Waals surface area (Å²) in [7, 11) is 1.91. The fourth-order valence-electron chi connectivity index (χ4n) is 5.53. The van der Waals surface area contributed by atoms with Gasteiger partial charge in [0.1, 0.15) is 39.7 Å². The number of nitriles is 1. The first-order valence-electron chi connectivity index (χ1n) is 14.1. The zero-order chi connectivity index (χ0) is 30.1. The molecule has 1 fully saturated rings. The molecule has 0 saturated carbocycles. The summed E-state index contributed by atoms with van der Waals surface area (Å²) >= 11 is 1.28. The number of pyridine rings is 1. The Morgan fingerprint density at radius 2 is 1.79 bits per heavy atom. The number of primary amides is 1. The second-order valence-corrected chi connectivity index (χ2v) is 11.6. The number of halogens is 1. The standard InChI is InChI=1S/C31H30FN9OS/c1-3-24-30(39(2)31-38-28(25(14-33)43-31)19-4-7-23(32)8-5-19)41-17-21(6-9-27(41)37-24)22-15-35-29(36-16-22)20-10-12-40(13-11-20)18-26(34)42/h4-9,15-17,20H,3,10-13,18H2,1-2H3,(H2,34,42). The van der Waals surface area contributed by atoms with Crippen molar-refractivity contribution >= 4 is 33.8 Å². The number of likely N-dealkylation sites (tertiary alicyclic amines) is 1. The minimum atomic E-state index is -0.341. The first-order valence-corrected chi connectivity index (χ1v) is 14.9.